The van der Waals surface area contributed by atoms with Gasteiger partial charge in [-0.1, -0.05) is 43.8 Å². The minimum absolute atomic E-state index is 0.588. The Balaban J connectivity index is 0. The number of benzene rings is 1. The average molecular weight is 222 g/mol. The molecule has 4 nitrogen and oxygen atoms in total. The zero-order valence-corrected chi connectivity index (χ0v) is 9.93. The molecule has 16 heavy (non-hydrogen) atoms. The van der Waals surface area contributed by atoms with Crippen molar-refractivity contribution in [2.75, 3.05) is 12.8 Å². The van der Waals surface area contributed by atoms with E-state index in [1.165, 1.54) is 7.05 Å². The van der Waals surface area contributed by atoms with Gasteiger partial charge >= 0.3 is 0 Å². The van der Waals surface area contributed by atoms with E-state index in [1.54, 1.807) is 24.3 Å². The van der Waals surface area contributed by atoms with Crippen molar-refractivity contribution < 1.29 is 4.79 Å². The SMILES string of the molecule is C=Cc1ccc(C=O)cc1N.CC.CN=O. The minimum Gasteiger partial charge on any atom is -0.398 e. The number of nitrogens with two attached hydrogens (primary N) is 1. The molecule has 0 aliphatic rings. The van der Waals surface area contributed by atoms with Crippen molar-refractivity contribution in [3.05, 3.63) is 40.8 Å². The third-order valence-corrected chi connectivity index (χ3v) is 1.47. The van der Waals surface area contributed by atoms with Gasteiger partial charge in [-0.15, -0.1) is 0 Å². The van der Waals surface area contributed by atoms with E-state index in [-0.39, 0.29) is 0 Å². The van der Waals surface area contributed by atoms with Crippen molar-refractivity contribution >= 4 is 18.0 Å². The predicted octanol–water partition coefficient (Wildman–Crippen LogP) is 3.13. The van der Waals surface area contributed by atoms with E-state index in [4.69, 9.17) is 10.6 Å². The summed E-state index contributed by atoms with van der Waals surface area (Å²) >= 11 is 0. The predicted molar refractivity (Wildman–Crippen MR) is 69.4 cm³/mol. The largest absolute Gasteiger partial charge is 0.398 e. The van der Waals surface area contributed by atoms with E-state index < -0.39 is 0 Å². The van der Waals surface area contributed by atoms with Crippen LogP contribution < -0.4 is 5.73 Å². The van der Waals surface area contributed by atoms with E-state index in [0.717, 1.165) is 11.8 Å². The molecular weight excluding hydrogens is 204 g/mol. The first kappa shape index (κ1) is 16.5. The van der Waals surface area contributed by atoms with Crippen LogP contribution in [0.5, 0.6) is 0 Å². The number of hydrogen-bond donors (Lipinski definition) is 1. The lowest BCUT2D eigenvalue weighted by molar-refractivity contribution is 0.112. The molecule has 0 bridgehead atoms. The van der Waals surface area contributed by atoms with Crippen molar-refractivity contribution in [3.63, 3.8) is 0 Å². The maximum absolute atomic E-state index is 10.3. The second-order valence-electron chi connectivity index (χ2n) is 2.39. The molecule has 1 aromatic rings. The highest BCUT2D eigenvalue weighted by atomic mass is 16.2. The van der Waals surface area contributed by atoms with E-state index in [2.05, 4.69) is 11.8 Å². The Morgan fingerprint density at radius 3 is 2.19 bits per heavy atom. The summed E-state index contributed by atoms with van der Waals surface area (Å²) in [5.41, 5.74) is 7.61. The fourth-order valence-corrected chi connectivity index (χ4v) is 0.852. The van der Waals surface area contributed by atoms with Crippen molar-refractivity contribution in [1.29, 1.82) is 0 Å². The van der Waals surface area contributed by atoms with Crippen LogP contribution in [-0.4, -0.2) is 13.3 Å². The van der Waals surface area contributed by atoms with Gasteiger partial charge in [-0.25, -0.2) is 0 Å². The molecule has 0 fully saturated rings. The van der Waals surface area contributed by atoms with Gasteiger partial charge in [-0.2, -0.15) is 4.91 Å². The highest BCUT2D eigenvalue weighted by molar-refractivity contribution is 5.79. The zero-order valence-electron chi connectivity index (χ0n) is 9.93. The molecule has 0 aromatic heterocycles. The van der Waals surface area contributed by atoms with Gasteiger partial charge in [0.1, 0.15) is 6.29 Å². The lowest BCUT2D eigenvalue weighted by atomic mass is 10.1. The van der Waals surface area contributed by atoms with Crippen LogP contribution in [-0.2, 0) is 0 Å². The van der Waals surface area contributed by atoms with Crippen molar-refractivity contribution in [3.8, 4) is 0 Å². The molecule has 1 aromatic carbocycles. The summed E-state index contributed by atoms with van der Waals surface area (Å²) in [6, 6.07) is 5.11. The van der Waals surface area contributed by atoms with Crippen LogP contribution in [0.25, 0.3) is 6.08 Å². The molecule has 4 heteroatoms. The molecule has 0 heterocycles. The second-order valence-corrected chi connectivity index (χ2v) is 2.39. The number of anilines is 1. The molecule has 0 saturated heterocycles. The Bertz CT molecular complexity index is 336. The molecule has 0 atom stereocenters. The number of hydrogen-bond acceptors (Lipinski definition) is 4. The first-order valence-electron chi connectivity index (χ1n) is 4.88. The maximum atomic E-state index is 10.3. The smallest absolute Gasteiger partial charge is 0.150 e. The zero-order chi connectivity index (χ0) is 13.0. The topological polar surface area (TPSA) is 72.5 Å². The van der Waals surface area contributed by atoms with Crippen LogP contribution in [0, 0.1) is 4.91 Å². The van der Waals surface area contributed by atoms with E-state index in [0.29, 0.717) is 11.3 Å². The van der Waals surface area contributed by atoms with Gasteiger partial charge in [0.15, 0.2) is 0 Å². The summed E-state index contributed by atoms with van der Waals surface area (Å²) in [5.74, 6) is 0. The van der Waals surface area contributed by atoms with Gasteiger partial charge in [0.2, 0.25) is 0 Å². The van der Waals surface area contributed by atoms with Crippen LogP contribution >= 0.6 is 0 Å². The Hall–Kier alpha value is -1.97. The van der Waals surface area contributed by atoms with Gasteiger partial charge in [0.05, 0.1) is 7.05 Å². The van der Waals surface area contributed by atoms with E-state index >= 15 is 0 Å². The van der Waals surface area contributed by atoms with E-state index in [1.807, 2.05) is 13.8 Å². The van der Waals surface area contributed by atoms with Gasteiger partial charge in [-0.3, -0.25) is 4.79 Å². The highest BCUT2D eigenvalue weighted by Crippen LogP contribution is 2.13. The number of nitrogens with zero attached hydrogens (tertiary/aromatic N) is 1. The molecular formula is C12H18N2O2. The molecule has 0 radical (unpaired) electrons. The third kappa shape index (κ3) is 6.48. The molecule has 1 rings (SSSR count). The highest BCUT2D eigenvalue weighted by Gasteiger charge is 1.94. The number of carbonyl (C=O) groups is 1. The van der Waals surface area contributed by atoms with Gasteiger partial charge in [0.25, 0.3) is 0 Å². The Kier molecular flexibility index (Phi) is 11.4. The van der Waals surface area contributed by atoms with Crippen LogP contribution in [0.1, 0.15) is 29.8 Å². The third-order valence-electron chi connectivity index (χ3n) is 1.47. The van der Waals surface area contributed by atoms with Gasteiger partial charge < -0.3 is 5.73 Å². The standard InChI is InChI=1S/C9H9NO.C2H6.CH3NO/c1-2-8-4-3-7(6-11)5-9(8)10;1-2;1-2-3/h2-6H,1,10H2;1-2H3;1H3. The number of aldehydes is 1. The molecule has 0 aliphatic carbocycles. The normalized spacial score (nSPS) is 7.44. The summed E-state index contributed by atoms with van der Waals surface area (Å²) in [6.07, 6.45) is 2.42. The first-order valence-corrected chi connectivity index (χ1v) is 4.88. The number of carbonyl (C=O) groups excluding carboxylic acids is 1. The molecule has 2 N–H and O–H groups in total. The van der Waals surface area contributed by atoms with E-state index in [9.17, 15) is 4.79 Å². The fraction of sp³-hybridized carbons (Fsp3) is 0.250. The summed E-state index contributed by atoms with van der Waals surface area (Å²) in [6.45, 7) is 7.58. The quantitative estimate of drug-likeness (QED) is 0.474. The number of nitrogen functional groups attached to an aromatic ring is 1. The van der Waals surface area contributed by atoms with Crippen LogP contribution in [0.2, 0.25) is 0 Å². The average Bonchev–Trinajstić information content (AvgIpc) is 2.32. The molecule has 0 amide bonds. The maximum Gasteiger partial charge on any atom is 0.150 e. The number of nitroso groups, excluding NO2 is 1. The summed E-state index contributed by atoms with van der Waals surface area (Å²) in [7, 11) is 1.19. The monoisotopic (exact) mass is 222 g/mol. The van der Waals surface area contributed by atoms with Crippen LogP contribution in [0.3, 0.4) is 0 Å². The Morgan fingerprint density at radius 2 is 1.88 bits per heavy atom. The molecule has 88 valence electrons. The molecule has 0 spiro atoms. The Labute approximate surface area is 96.1 Å². The lowest BCUT2D eigenvalue weighted by Gasteiger charge is -1.98. The van der Waals surface area contributed by atoms with Crippen molar-refractivity contribution in [2.24, 2.45) is 5.18 Å². The van der Waals surface area contributed by atoms with Crippen molar-refractivity contribution in [1.82, 2.24) is 0 Å². The molecule has 0 saturated carbocycles. The van der Waals surface area contributed by atoms with Gasteiger partial charge in [-0.05, 0) is 11.6 Å². The lowest BCUT2D eigenvalue weighted by Crippen LogP contribution is -1.90. The summed E-state index contributed by atoms with van der Waals surface area (Å²) in [5, 5.41) is 2.25. The first-order chi connectivity index (χ1) is 7.69. The van der Waals surface area contributed by atoms with Crippen LogP contribution in [0.4, 0.5) is 5.69 Å². The summed E-state index contributed by atoms with van der Waals surface area (Å²) < 4.78 is 0. The van der Waals surface area contributed by atoms with Crippen LogP contribution in [0.15, 0.2) is 30.0 Å². The van der Waals surface area contributed by atoms with Crippen molar-refractivity contribution in [2.45, 2.75) is 13.8 Å². The fourth-order valence-electron chi connectivity index (χ4n) is 0.852. The second kappa shape index (κ2) is 11.1. The Morgan fingerprint density at radius 1 is 1.38 bits per heavy atom. The number of rotatable bonds is 2. The molecule has 0 unspecified atom stereocenters. The molecule has 0 aliphatic heterocycles. The van der Waals surface area contributed by atoms with Gasteiger partial charge in [0, 0.05) is 11.3 Å². The summed E-state index contributed by atoms with van der Waals surface area (Å²) in [4.78, 5) is 18.8. The minimum atomic E-state index is 0.588.